The number of hydrogen-bond donors (Lipinski definition) is 0. The zero-order valence-corrected chi connectivity index (χ0v) is 8.75. The molecule has 0 N–H and O–H groups in total. The molecule has 0 atom stereocenters. The van der Waals surface area contributed by atoms with Gasteiger partial charge < -0.3 is 14.2 Å². The van der Waals surface area contributed by atoms with E-state index in [2.05, 4.69) is 9.47 Å². The van der Waals surface area contributed by atoms with E-state index in [0.717, 1.165) is 6.42 Å². The average Bonchev–Trinajstić information content (AvgIpc) is 1.98. The van der Waals surface area contributed by atoms with E-state index >= 15 is 0 Å². The van der Waals surface area contributed by atoms with Gasteiger partial charge in [-0.05, 0) is 27.2 Å². The summed E-state index contributed by atoms with van der Waals surface area (Å²) >= 11 is 0. The van der Waals surface area contributed by atoms with Crippen LogP contribution in [0.5, 0.6) is 0 Å². The van der Waals surface area contributed by atoms with Crippen molar-refractivity contribution in [3.63, 3.8) is 0 Å². The third-order valence-corrected chi connectivity index (χ3v) is 1.09. The largest absolute Gasteiger partial charge is 0.510 e. The van der Waals surface area contributed by atoms with Gasteiger partial charge in [-0.3, -0.25) is 0 Å². The van der Waals surface area contributed by atoms with Crippen LogP contribution in [0.15, 0.2) is 0 Å². The Morgan fingerprint density at radius 2 is 1.85 bits per heavy atom. The number of carbonyl (C=O) groups is 1. The number of hydrogen-bond acceptors (Lipinski definition) is 4. The number of carbonyl (C=O) groups excluding carboxylic acids is 1. The van der Waals surface area contributed by atoms with Crippen LogP contribution in [0.2, 0.25) is 0 Å². The van der Waals surface area contributed by atoms with Gasteiger partial charge in [-0.15, -0.1) is 0 Å². The summed E-state index contributed by atoms with van der Waals surface area (Å²) < 4.78 is 14.5. The van der Waals surface area contributed by atoms with Crippen molar-refractivity contribution in [2.75, 3.05) is 13.4 Å². The Morgan fingerprint density at radius 1 is 1.23 bits per heavy atom. The molecule has 0 unspecified atom stereocenters. The first-order valence-electron chi connectivity index (χ1n) is 4.39. The van der Waals surface area contributed by atoms with Gasteiger partial charge in [-0.2, -0.15) is 0 Å². The zero-order valence-electron chi connectivity index (χ0n) is 8.75. The summed E-state index contributed by atoms with van der Waals surface area (Å²) in [6.07, 6.45) is 0.112. The van der Waals surface area contributed by atoms with Gasteiger partial charge in [0.05, 0.1) is 12.2 Å². The van der Waals surface area contributed by atoms with Crippen molar-refractivity contribution in [3.05, 3.63) is 0 Å². The van der Waals surface area contributed by atoms with Gasteiger partial charge in [-0.1, -0.05) is 6.92 Å². The first-order chi connectivity index (χ1) is 5.95. The molecule has 4 nitrogen and oxygen atoms in total. The van der Waals surface area contributed by atoms with E-state index in [4.69, 9.17) is 4.74 Å². The summed E-state index contributed by atoms with van der Waals surface area (Å²) in [5.41, 5.74) is -0.301. The molecule has 13 heavy (non-hydrogen) atoms. The Hall–Kier alpha value is -0.770. The minimum absolute atomic E-state index is 0.0634. The Morgan fingerprint density at radius 3 is 2.31 bits per heavy atom. The topological polar surface area (TPSA) is 44.8 Å². The van der Waals surface area contributed by atoms with Gasteiger partial charge in [0.25, 0.3) is 0 Å². The first kappa shape index (κ1) is 12.2. The number of rotatable bonds is 4. The second-order valence-corrected chi connectivity index (χ2v) is 3.62. The minimum Gasteiger partial charge on any atom is -0.434 e. The summed E-state index contributed by atoms with van der Waals surface area (Å²) in [7, 11) is 0. The quantitative estimate of drug-likeness (QED) is 0.504. The molecule has 0 aromatic heterocycles. The van der Waals surface area contributed by atoms with Crippen LogP contribution in [0.25, 0.3) is 0 Å². The van der Waals surface area contributed by atoms with Crippen molar-refractivity contribution in [2.24, 2.45) is 0 Å². The predicted octanol–water partition coefficient (Wildman–Crippen LogP) is 2.32. The zero-order chi connectivity index (χ0) is 10.3. The summed E-state index contributed by atoms with van der Waals surface area (Å²) in [6.45, 7) is 7.88. The fraction of sp³-hybridized carbons (Fsp3) is 0.889. The van der Waals surface area contributed by atoms with Crippen molar-refractivity contribution in [3.8, 4) is 0 Å². The highest BCUT2D eigenvalue weighted by molar-refractivity contribution is 5.59. The fourth-order valence-electron chi connectivity index (χ4n) is 0.481. The first-order valence-corrected chi connectivity index (χ1v) is 4.39. The van der Waals surface area contributed by atoms with E-state index in [0.29, 0.717) is 6.61 Å². The molecule has 0 saturated heterocycles. The maximum absolute atomic E-state index is 10.8. The van der Waals surface area contributed by atoms with Crippen molar-refractivity contribution < 1.29 is 19.0 Å². The monoisotopic (exact) mass is 190 g/mol. The van der Waals surface area contributed by atoms with Gasteiger partial charge in [0.15, 0.2) is 6.79 Å². The Labute approximate surface area is 79.2 Å². The molecule has 0 aliphatic heterocycles. The second kappa shape index (κ2) is 5.80. The molecule has 0 saturated carbocycles. The lowest BCUT2D eigenvalue weighted by molar-refractivity contribution is -0.106. The Kier molecular flexibility index (Phi) is 5.46. The predicted molar refractivity (Wildman–Crippen MR) is 48.4 cm³/mol. The molecule has 78 valence electrons. The molecule has 0 aliphatic rings. The van der Waals surface area contributed by atoms with Crippen LogP contribution in [0.3, 0.4) is 0 Å². The lowest BCUT2D eigenvalue weighted by Crippen LogP contribution is -2.22. The van der Waals surface area contributed by atoms with Gasteiger partial charge in [0.1, 0.15) is 0 Å². The third-order valence-electron chi connectivity index (χ3n) is 1.09. The molecule has 0 rings (SSSR count). The standard InChI is InChI=1S/C9H18O4/c1-5-6-11-8(10)12-7-13-9(2,3)4/h5-7H2,1-4H3. The molecule has 0 radical (unpaired) electrons. The molecule has 0 fully saturated rings. The van der Waals surface area contributed by atoms with E-state index in [1.807, 2.05) is 27.7 Å². The number of ether oxygens (including phenoxy) is 3. The highest BCUT2D eigenvalue weighted by Gasteiger charge is 2.11. The SMILES string of the molecule is CCCOC(=O)OCOC(C)(C)C. The molecule has 0 aromatic rings. The van der Waals surface area contributed by atoms with E-state index in [-0.39, 0.29) is 12.4 Å². The molecule has 4 heteroatoms. The molecule has 0 amide bonds. The summed E-state index contributed by atoms with van der Waals surface area (Å²) in [5, 5.41) is 0. The normalized spacial score (nSPS) is 11.1. The van der Waals surface area contributed by atoms with Gasteiger partial charge >= 0.3 is 6.16 Å². The fourth-order valence-corrected chi connectivity index (χ4v) is 0.481. The van der Waals surface area contributed by atoms with Gasteiger partial charge in [-0.25, -0.2) is 4.79 Å². The van der Waals surface area contributed by atoms with Crippen molar-refractivity contribution in [1.29, 1.82) is 0 Å². The smallest absolute Gasteiger partial charge is 0.434 e. The van der Waals surface area contributed by atoms with Gasteiger partial charge in [0, 0.05) is 0 Å². The third kappa shape index (κ3) is 9.14. The molecular formula is C9H18O4. The second-order valence-electron chi connectivity index (χ2n) is 3.62. The van der Waals surface area contributed by atoms with Crippen LogP contribution >= 0.6 is 0 Å². The van der Waals surface area contributed by atoms with E-state index in [1.54, 1.807) is 0 Å². The van der Waals surface area contributed by atoms with Crippen LogP contribution in [0.4, 0.5) is 4.79 Å². The van der Waals surface area contributed by atoms with Crippen LogP contribution in [-0.4, -0.2) is 25.2 Å². The van der Waals surface area contributed by atoms with E-state index in [1.165, 1.54) is 0 Å². The maximum Gasteiger partial charge on any atom is 0.510 e. The van der Waals surface area contributed by atoms with Crippen LogP contribution in [0, 0.1) is 0 Å². The lowest BCUT2D eigenvalue weighted by Gasteiger charge is -2.18. The van der Waals surface area contributed by atoms with Crippen molar-refractivity contribution >= 4 is 6.16 Å². The molecule has 0 heterocycles. The van der Waals surface area contributed by atoms with E-state index < -0.39 is 6.16 Å². The van der Waals surface area contributed by atoms with E-state index in [9.17, 15) is 4.79 Å². The average molecular weight is 190 g/mol. The molecule has 0 bridgehead atoms. The highest BCUT2D eigenvalue weighted by Crippen LogP contribution is 2.06. The Balaban J connectivity index is 3.37. The maximum atomic E-state index is 10.8. The van der Waals surface area contributed by atoms with Crippen molar-refractivity contribution in [2.45, 2.75) is 39.7 Å². The minimum atomic E-state index is -0.675. The summed E-state index contributed by atoms with van der Waals surface area (Å²) in [4.78, 5) is 10.8. The van der Waals surface area contributed by atoms with Crippen LogP contribution in [0.1, 0.15) is 34.1 Å². The lowest BCUT2D eigenvalue weighted by atomic mass is 10.2. The molecule has 0 aromatic carbocycles. The highest BCUT2D eigenvalue weighted by atomic mass is 16.8. The molecule has 0 aliphatic carbocycles. The van der Waals surface area contributed by atoms with Crippen molar-refractivity contribution in [1.82, 2.24) is 0 Å². The Bertz CT molecular complexity index is 148. The molecule has 0 spiro atoms. The summed E-state index contributed by atoms with van der Waals surface area (Å²) in [6, 6.07) is 0. The van der Waals surface area contributed by atoms with Gasteiger partial charge in [0.2, 0.25) is 0 Å². The molecular weight excluding hydrogens is 172 g/mol. The van der Waals surface area contributed by atoms with Crippen LogP contribution in [-0.2, 0) is 14.2 Å². The summed E-state index contributed by atoms with van der Waals surface area (Å²) in [5.74, 6) is 0. The van der Waals surface area contributed by atoms with Crippen LogP contribution < -0.4 is 0 Å².